The van der Waals surface area contributed by atoms with Gasteiger partial charge in [0.2, 0.25) is 11.8 Å². The maximum atomic E-state index is 12.8. The van der Waals surface area contributed by atoms with E-state index in [4.69, 9.17) is 4.74 Å². The Balaban J connectivity index is 1.26. The van der Waals surface area contributed by atoms with Crippen molar-refractivity contribution >= 4 is 11.8 Å². The van der Waals surface area contributed by atoms with E-state index in [0.717, 1.165) is 43.2 Å². The molecule has 2 amide bonds. The fourth-order valence-corrected chi connectivity index (χ4v) is 4.82. The summed E-state index contributed by atoms with van der Waals surface area (Å²) in [5, 5.41) is 6.15. The first-order valence-corrected chi connectivity index (χ1v) is 11.2. The van der Waals surface area contributed by atoms with Crippen molar-refractivity contribution in [2.45, 2.75) is 56.8 Å². The molecule has 1 aromatic carbocycles. The van der Waals surface area contributed by atoms with Gasteiger partial charge in [0.25, 0.3) is 0 Å². The lowest BCUT2D eigenvalue weighted by atomic mass is 10.0. The Bertz CT molecular complexity index is 749. The molecule has 0 aromatic heterocycles. The number of methoxy groups -OCH3 is 1. The van der Waals surface area contributed by atoms with Crippen molar-refractivity contribution < 1.29 is 14.3 Å². The first-order valence-electron chi connectivity index (χ1n) is 11.2. The number of nitrogens with one attached hydrogen (secondary N) is 2. The molecular weight excluding hydrogens is 380 g/mol. The molecule has 7 nitrogen and oxygen atoms in total. The summed E-state index contributed by atoms with van der Waals surface area (Å²) in [6.45, 7) is 3.19. The number of likely N-dealkylation sites (tertiary alicyclic amines) is 1. The molecule has 0 radical (unpaired) electrons. The van der Waals surface area contributed by atoms with Crippen molar-refractivity contribution in [2.24, 2.45) is 5.92 Å². The second-order valence-corrected chi connectivity index (χ2v) is 8.97. The van der Waals surface area contributed by atoms with Crippen LogP contribution in [0.25, 0.3) is 0 Å². The van der Waals surface area contributed by atoms with Crippen LogP contribution in [-0.4, -0.2) is 73.5 Å². The third-order valence-electron chi connectivity index (χ3n) is 6.89. The lowest BCUT2D eigenvalue weighted by Crippen LogP contribution is -2.50. The zero-order valence-corrected chi connectivity index (χ0v) is 18.1. The molecule has 3 aliphatic rings. The van der Waals surface area contributed by atoms with Gasteiger partial charge in [-0.15, -0.1) is 0 Å². The standard InChI is InChI=1S/C23H34N4O3/c1-26-18(7-10-21(28)24-13-16-5-8-19(30-2)9-6-16)14-25-23(29)22-20(26)11-12-27(22)15-17-3-4-17/h5-6,8-9,17-18,20,22H,3-4,7,10-15H2,1-2H3,(H,24,28)(H,25,29). The first-order chi connectivity index (χ1) is 14.5. The van der Waals surface area contributed by atoms with Gasteiger partial charge < -0.3 is 15.4 Å². The van der Waals surface area contributed by atoms with Gasteiger partial charge in [-0.25, -0.2) is 0 Å². The van der Waals surface area contributed by atoms with Gasteiger partial charge in [0.05, 0.1) is 7.11 Å². The summed E-state index contributed by atoms with van der Waals surface area (Å²) in [5.41, 5.74) is 1.05. The van der Waals surface area contributed by atoms with E-state index in [1.54, 1.807) is 7.11 Å². The largest absolute Gasteiger partial charge is 0.497 e. The van der Waals surface area contributed by atoms with Crippen LogP contribution in [0.5, 0.6) is 5.75 Å². The van der Waals surface area contributed by atoms with Gasteiger partial charge in [0.1, 0.15) is 11.8 Å². The Hall–Kier alpha value is -2.12. The van der Waals surface area contributed by atoms with E-state index in [0.29, 0.717) is 19.5 Å². The van der Waals surface area contributed by atoms with Gasteiger partial charge in [-0.1, -0.05) is 12.1 Å². The van der Waals surface area contributed by atoms with Crippen molar-refractivity contribution in [3.05, 3.63) is 29.8 Å². The lowest BCUT2D eigenvalue weighted by Gasteiger charge is -2.33. The number of fused-ring (bicyclic) bond motifs is 1. The molecule has 2 aliphatic heterocycles. The monoisotopic (exact) mass is 414 g/mol. The highest BCUT2D eigenvalue weighted by atomic mass is 16.5. The normalized spacial score (nSPS) is 27.3. The molecule has 3 atom stereocenters. The second kappa shape index (κ2) is 9.35. The van der Waals surface area contributed by atoms with Crippen molar-refractivity contribution in [1.82, 2.24) is 20.4 Å². The Morgan fingerprint density at radius 1 is 1.23 bits per heavy atom. The Labute approximate surface area is 179 Å². The maximum Gasteiger partial charge on any atom is 0.239 e. The molecule has 0 spiro atoms. The predicted octanol–water partition coefficient (Wildman–Crippen LogP) is 1.37. The summed E-state index contributed by atoms with van der Waals surface area (Å²) >= 11 is 0. The fourth-order valence-electron chi connectivity index (χ4n) is 4.82. The molecule has 4 rings (SSSR count). The molecule has 1 aliphatic carbocycles. The van der Waals surface area contributed by atoms with E-state index in [2.05, 4.69) is 27.5 Å². The number of rotatable bonds is 8. The molecule has 7 heteroatoms. The molecule has 164 valence electrons. The number of ether oxygens (including phenoxy) is 1. The molecule has 3 fully saturated rings. The molecule has 3 unspecified atom stereocenters. The van der Waals surface area contributed by atoms with Gasteiger partial charge in [0.15, 0.2) is 0 Å². The molecule has 1 saturated carbocycles. The summed E-state index contributed by atoms with van der Waals surface area (Å²) in [6, 6.07) is 8.12. The van der Waals surface area contributed by atoms with Gasteiger partial charge in [-0.2, -0.15) is 0 Å². The SMILES string of the molecule is COc1ccc(CNC(=O)CCC2CNC(=O)C3C(CCN3CC3CC3)N2C)cc1. The quantitative estimate of drug-likeness (QED) is 0.672. The van der Waals surface area contributed by atoms with E-state index in [1.807, 2.05) is 24.3 Å². The van der Waals surface area contributed by atoms with Crippen LogP contribution in [0.4, 0.5) is 0 Å². The third-order valence-corrected chi connectivity index (χ3v) is 6.89. The maximum absolute atomic E-state index is 12.8. The highest BCUT2D eigenvalue weighted by Gasteiger charge is 2.46. The number of likely N-dealkylation sites (N-methyl/N-ethyl adjacent to an activating group) is 1. The molecular formula is C23H34N4O3. The summed E-state index contributed by atoms with van der Waals surface area (Å²) in [7, 11) is 3.76. The Morgan fingerprint density at radius 2 is 2.00 bits per heavy atom. The second-order valence-electron chi connectivity index (χ2n) is 8.97. The van der Waals surface area contributed by atoms with Crippen LogP contribution in [0, 0.1) is 5.92 Å². The third kappa shape index (κ3) is 4.95. The van der Waals surface area contributed by atoms with Gasteiger partial charge in [0, 0.05) is 44.7 Å². The molecule has 1 aromatic rings. The number of hydrogen-bond acceptors (Lipinski definition) is 5. The summed E-state index contributed by atoms with van der Waals surface area (Å²) < 4.78 is 5.16. The van der Waals surface area contributed by atoms with E-state index < -0.39 is 0 Å². The van der Waals surface area contributed by atoms with Crippen LogP contribution in [0.1, 0.15) is 37.7 Å². The minimum atomic E-state index is -0.0375. The number of amides is 2. The topological polar surface area (TPSA) is 73.9 Å². The zero-order chi connectivity index (χ0) is 21.1. The first kappa shape index (κ1) is 21.1. The number of carbonyl (C=O) groups is 2. The van der Waals surface area contributed by atoms with Crippen LogP contribution >= 0.6 is 0 Å². The van der Waals surface area contributed by atoms with Crippen LogP contribution < -0.4 is 15.4 Å². The van der Waals surface area contributed by atoms with Crippen LogP contribution in [0.3, 0.4) is 0 Å². The highest BCUT2D eigenvalue weighted by molar-refractivity contribution is 5.83. The summed E-state index contributed by atoms with van der Waals surface area (Å²) in [5.74, 6) is 1.81. The van der Waals surface area contributed by atoms with Gasteiger partial charge in [-0.3, -0.25) is 19.4 Å². The van der Waals surface area contributed by atoms with Crippen LogP contribution in [-0.2, 0) is 16.1 Å². The molecule has 2 heterocycles. The van der Waals surface area contributed by atoms with E-state index >= 15 is 0 Å². The van der Waals surface area contributed by atoms with E-state index in [1.165, 1.54) is 12.8 Å². The van der Waals surface area contributed by atoms with Crippen LogP contribution in [0.15, 0.2) is 24.3 Å². The fraction of sp³-hybridized carbons (Fsp3) is 0.652. The van der Waals surface area contributed by atoms with Crippen molar-refractivity contribution in [1.29, 1.82) is 0 Å². The minimum absolute atomic E-state index is 0.0375. The van der Waals surface area contributed by atoms with Crippen molar-refractivity contribution in [3.63, 3.8) is 0 Å². The number of carbonyl (C=O) groups excluding carboxylic acids is 2. The van der Waals surface area contributed by atoms with Gasteiger partial charge in [-0.05, 0) is 56.3 Å². The van der Waals surface area contributed by atoms with Crippen LogP contribution in [0.2, 0.25) is 0 Å². The molecule has 30 heavy (non-hydrogen) atoms. The molecule has 0 bridgehead atoms. The van der Waals surface area contributed by atoms with E-state index in [9.17, 15) is 9.59 Å². The molecule has 2 saturated heterocycles. The Morgan fingerprint density at radius 3 is 2.70 bits per heavy atom. The number of hydrogen-bond donors (Lipinski definition) is 2. The average molecular weight is 415 g/mol. The lowest BCUT2D eigenvalue weighted by molar-refractivity contribution is -0.126. The number of benzene rings is 1. The molecule has 2 N–H and O–H groups in total. The predicted molar refractivity (Wildman–Crippen MR) is 115 cm³/mol. The minimum Gasteiger partial charge on any atom is -0.497 e. The van der Waals surface area contributed by atoms with Gasteiger partial charge >= 0.3 is 0 Å². The van der Waals surface area contributed by atoms with Crippen molar-refractivity contribution in [3.8, 4) is 5.75 Å². The Kier molecular flexibility index (Phi) is 6.58. The smallest absolute Gasteiger partial charge is 0.239 e. The summed E-state index contributed by atoms with van der Waals surface area (Å²) in [6.07, 6.45) is 4.85. The number of nitrogens with zero attached hydrogens (tertiary/aromatic N) is 2. The average Bonchev–Trinajstić information content (AvgIpc) is 3.49. The zero-order valence-electron chi connectivity index (χ0n) is 18.1. The summed E-state index contributed by atoms with van der Waals surface area (Å²) in [4.78, 5) is 29.9. The van der Waals surface area contributed by atoms with E-state index in [-0.39, 0.29) is 29.9 Å². The highest BCUT2D eigenvalue weighted by Crippen LogP contribution is 2.34. The van der Waals surface area contributed by atoms with Crippen molar-refractivity contribution in [2.75, 3.05) is 33.8 Å².